The highest BCUT2D eigenvalue weighted by Crippen LogP contribution is 2.38. The van der Waals surface area contributed by atoms with Crippen LogP contribution in [0.15, 0.2) is 24.3 Å². The molecular weight excluding hydrogens is 236 g/mol. The Bertz CT molecular complexity index is 367. The lowest BCUT2D eigenvalue weighted by atomic mass is 10.0. The van der Waals surface area contributed by atoms with Crippen molar-refractivity contribution in [2.75, 3.05) is 0 Å². The van der Waals surface area contributed by atoms with Gasteiger partial charge in [0.15, 0.2) is 0 Å². The summed E-state index contributed by atoms with van der Waals surface area (Å²) in [5.41, 5.74) is 2.41. The minimum absolute atomic E-state index is 0.570. The lowest BCUT2D eigenvalue weighted by Crippen LogP contribution is -2.30. The smallest absolute Gasteiger partial charge is 0.316 e. The van der Waals surface area contributed by atoms with Crippen molar-refractivity contribution >= 4 is 0 Å². The highest BCUT2D eigenvalue weighted by Gasteiger charge is 2.43. The highest BCUT2D eigenvalue weighted by molar-refractivity contribution is 5.32. The van der Waals surface area contributed by atoms with E-state index in [1.165, 1.54) is 0 Å². The standard InChI is InChI=1S/C9H7F6N/c10-8(11,12)6-4-2-1-3-5(6)7(16)9(13,14)15/h1-4,7H,16H2. The largest absolute Gasteiger partial charge is 0.416 e. The van der Waals surface area contributed by atoms with Gasteiger partial charge >= 0.3 is 12.4 Å². The Labute approximate surface area is 86.9 Å². The minimum Gasteiger partial charge on any atom is -0.316 e. The molecule has 16 heavy (non-hydrogen) atoms. The summed E-state index contributed by atoms with van der Waals surface area (Å²) in [4.78, 5) is 0. The lowest BCUT2D eigenvalue weighted by molar-refractivity contribution is -0.155. The van der Waals surface area contributed by atoms with E-state index < -0.39 is 29.5 Å². The molecule has 90 valence electrons. The predicted molar refractivity (Wildman–Crippen MR) is 44.4 cm³/mol. The molecule has 0 aliphatic rings. The van der Waals surface area contributed by atoms with Crippen molar-refractivity contribution in [2.45, 2.75) is 18.4 Å². The summed E-state index contributed by atoms with van der Waals surface area (Å²) < 4.78 is 73.8. The third kappa shape index (κ3) is 2.66. The molecule has 7 heteroatoms. The van der Waals surface area contributed by atoms with E-state index in [2.05, 4.69) is 0 Å². The molecule has 1 rings (SSSR count). The predicted octanol–water partition coefficient (Wildman–Crippen LogP) is 3.27. The molecule has 0 saturated carbocycles. The third-order valence-corrected chi connectivity index (χ3v) is 1.95. The normalized spacial score (nSPS) is 14.9. The maximum absolute atomic E-state index is 12.4. The zero-order chi connectivity index (χ0) is 12.6. The summed E-state index contributed by atoms with van der Waals surface area (Å²) in [6.07, 6.45) is -9.75. The molecule has 0 fully saturated rings. The number of nitrogens with two attached hydrogens (primary N) is 1. The molecule has 0 amide bonds. The molecule has 0 bridgehead atoms. The topological polar surface area (TPSA) is 26.0 Å². The van der Waals surface area contributed by atoms with Crippen LogP contribution in [0, 0.1) is 0 Å². The van der Waals surface area contributed by atoms with Crippen molar-refractivity contribution in [1.29, 1.82) is 0 Å². The van der Waals surface area contributed by atoms with Gasteiger partial charge in [0.1, 0.15) is 6.04 Å². The minimum atomic E-state index is -4.90. The first-order valence-electron chi connectivity index (χ1n) is 4.12. The Balaban J connectivity index is 3.25. The summed E-state index contributed by atoms with van der Waals surface area (Å²) in [5.74, 6) is 0. The number of rotatable bonds is 1. The van der Waals surface area contributed by atoms with Gasteiger partial charge in [-0.3, -0.25) is 0 Å². The summed E-state index contributed by atoms with van der Waals surface area (Å²) in [6, 6.07) is 0.748. The van der Waals surface area contributed by atoms with Gasteiger partial charge in [0.05, 0.1) is 5.56 Å². The number of halogens is 6. The lowest BCUT2D eigenvalue weighted by Gasteiger charge is -2.20. The van der Waals surface area contributed by atoms with Gasteiger partial charge in [0.2, 0.25) is 0 Å². The van der Waals surface area contributed by atoms with Crippen LogP contribution in [-0.4, -0.2) is 6.18 Å². The average Bonchev–Trinajstić information content (AvgIpc) is 2.14. The fraction of sp³-hybridized carbons (Fsp3) is 0.333. The number of alkyl halides is 6. The van der Waals surface area contributed by atoms with Crippen molar-refractivity contribution in [1.82, 2.24) is 0 Å². The first kappa shape index (κ1) is 12.8. The molecule has 0 spiro atoms. The van der Waals surface area contributed by atoms with Crippen LogP contribution in [0.3, 0.4) is 0 Å². The second-order valence-corrected chi connectivity index (χ2v) is 3.10. The molecule has 1 atom stereocenters. The third-order valence-electron chi connectivity index (χ3n) is 1.95. The first-order chi connectivity index (χ1) is 7.14. The van der Waals surface area contributed by atoms with E-state index >= 15 is 0 Å². The van der Waals surface area contributed by atoms with Crippen molar-refractivity contribution in [2.24, 2.45) is 5.73 Å². The SMILES string of the molecule is NC(c1ccccc1C(F)(F)F)C(F)(F)F. The fourth-order valence-corrected chi connectivity index (χ4v) is 1.20. The van der Waals surface area contributed by atoms with Crippen LogP contribution >= 0.6 is 0 Å². The van der Waals surface area contributed by atoms with Crippen molar-refractivity contribution < 1.29 is 26.3 Å². The van der Waals surface area contributed by atoms with Gasteiger partial charge in [0.25, 0.3) is 0 Å². The Morgan fingerprint density at radius 1 is 0.938 bits per heavy atom. The fourth-order valence-electron chi connectivity index (χ4n) is 1.20. The zero-order valence-corrected chi connectivity index (χ0v) is 7.73. The Kier molecular flexibility index (Phi) is 3.18. The van der Waals surface area contributed by atoms with Crippen LogP contribution in [-0.2, 0) is 6.18 Å². The first-order valence-corrected chi connectivity index (χ1v) is 4.12. The van der Waals surface area contributed by atoms with Crippen molar-refractivity contribution in [3.05, 3.63) is 35.4 Å². The zero-order valence-electron chi connectivity index (χ0n) is 7.73. The van der Waals surface area contributed by atoms with Gasteiger partial charge < -0.3 is 5.73 Å². The monoisotopic (exact) mass is 243 g/mol. The maximum Gasteiger partial charge on any atom is 0.416 e. The van der Waals surface area contributed by atoms with Gasteiger partial charge in [-0.25, -0.2) is 0 Å². The summed E-state index contributed by atoms with van der Waals surface area (Å²) in [7, 11) is 0. The number of hydrogen-bond donors (Lipinski definition) is 1. The van der Waals surface area contributed by atoms with Crippen LogP contribution in [0.25, 0.3) is 0 Å². The molecule has 1 aromatic rings. The van der Waals surface area contributed by atoms with E-state index in [-0.39, 0.29) is 0 Å². The highest BCUT2D eigenvalue weighted by atomic mass is 19.4. The summed E-state index contributed by atoms with van der Waals surface area (Å²) in [6.45, 7) is 0. The second kappa shape index (κ2) is 3.97. The second-order valence-electron chi connectivity index (χ2n) is 3.10. The van der Waals surface area contributed by atoms with Gasteiger partial charge in [-0.05, 0) is 11.6 Å². The summed E-state index contributed by atoms with van der Waals surface area (Å²) >= 11 is 0. The van der Waals surface area contributed by atoms with E-state index in [9.17, 15) is 26.3 Å². The van der Waals surface area contributed by atoms with Crippen LogP contribution in [0.1, 0.15) is 17.2 Å². The molecule has 1 unspecified atom stereocenters. The molecule has 0 aliphatic carbocycles. The summed E-state index contributed by atoms with van der Waals surface area (Å²) in [5, 5.41) is 0. The van der Waals surface area contributed by atoms with Crippen LogP contribution in [0.5, 0.6) is 0 Å². The van der Waals surface area contributed by atoms with Gasteiger partial charge in [-0.2, -0.15) is 26.3 Å². The van der Waals surface area contributed by atoms with Crippen molar-refractivity contribution in [3.63, 3.8) is 0 Å². The van der Waals surface area contributed by atoms with Gasteiger partial charge in [-0.15, -0.1) is 0 Å². The molecule has 1 aromatic carbocycles. The Hall–Kier alpha value is -1.24. The quantitative estimate of drug-likeness (QED) is 0.752. The molecule has 0 aliphatic heterocycles. The average molecular weight is 243 g/mol. The van der Waals surface area contributed by atoms with Gasteiger partial charge in [-0.1, -0.05) is 18.2 Å². The molecule has 2 N–H and O–H groups in total. The Morgan fingerprint density at radius 3 is 1.88 bits per heavy atom. The molecular formula is C9H7F6N. The van der Waals surface area contributed by atoms with E-state index in [1.54, 1.807) is 0 Å². The van der Waals surface area contributed by atoms with E-state index in [1.807, 2.05) is 0 Å². The molecule has 0 radical (unpaired) electrons. The van der Waals surface area contributed by atoms with Crippen LogP contribution < -0.4 is 5.73 Å². The van der Waals surface area contributed by atoms with E-state index in [0.717, 1.165) is 18.2 Å². The maximum atomic E-state index is 12.4. The van der Waals surface area contributed by atoms with Crippen molar-refractivity contribution in [3.8, 4) is 0 Å². The van der Waals surface area contributed by atoms with Crippen LogP contribution in [0.4, 0.5) is 26.3 Å². The Morgan fingerprint density at radius 2 is 1.44 bits per heavy atom. The molecule has 1 nitrogen and oxygen atoms in total. The molecule has 0 saturated heterocycles. The van der Waals surface area contributed by atoms with E-state index in [4.69, 9.17) is 5.73 Å². The van der Waals surface area contributed by atoms with Gasteiger partial charge in [0, 0.05) is 0 Å². The van der Waals surface area contributed by atoms with E-state index in [0.29, 0.717) is 6.07 Å². The van der Waals surface area contributed by atoms with Crippen LogP contribution in [0.2, 0.25) is 0 Å². The number of hydrogen-bond acceptors (Lipinski definition) is 1. The molecule has 0 aromatic heterocycles. The number of benzene rings is 1. The molecule has 0 heterocycles.